The minimum atomic E-state index is -0.282. The molecule has 0 saturated heterocycles. The van der Waals surface area contributed by atoms with Crippen molar-refractivity contribution in [3.63, 3.8) is 0 Å². The van der Waals surface area contributed by atoms with Crippen LogP contribution in [-0.4, -0.2) is 15.0 Å². The van der Waals surface area contributed by atoms with Crippen LogP contribution in [0.3, 0.4) is 0 Å². The normalized spacial score (nSPS) is 10.4. The third-order valence-electron chi connectivity index (χ3n) is 3.71. The lowest BCUT2D eigenvalue weighted by Crippen LogP contribution is -2.09. The summed E-state index contributed by atoms with van der Waals surface area (Å²) in [6, 6.07) is 18.6. The fourth-order valence-electron chi connectivity index (χ4n) is 2.49. The van der Waals surface area contributed by atoms with Crippen molar-refractivity contribution in [3.05, 3.63) is 82.9 Å². The van der Waals surface area contributed by atoms with Crippen molar-refractivity contribution < 1.29 is 4.39 Å². The second-order valence-corrected chi connectivity index (χ2v) is 5.23. The van der Waals surface area contributed by atoms with Crippen LogP contribution in [0.5, 0.6) is 0 Å². The van der Waals surface area contributed by atoms with Gasteiger partial charge in [0.15, 0.2) is 5.69 Å². The zero-order valence-electron chi connectivity index (χ0n) is 12.5. The van der Waals surface area contributed by atoms with Gasteiger partial charge in [0.25, 0.3) is 0 Å². The Hall–Kier alpha value is -3.00. The molecule has 3 aromatic rings. The van der Waals surface area contributed by atoms with Gasteiger partial charge in [0.1, 0.15) is 11.9 Å². The van der Waals surface area contributed by atoms with Gasteiger partial charge in [-0.25, -0.2) is 9.07 Å². The van der Waals surface area contributed by atoms with Crippen LogP contribution in [0, 0.1) is 17.1 Å². The van der Waals surface area contributed by atoms with Gasteiger partial charge in [-0.15, -0.1) is 5.10 Å². The van der Waals surface area contributed by atoms with Gasteiger partial charge < -0.3 is 0 Å². The van der Waals surface area contributed by atoms with E-state index in [1.165, 1.54) is 11.6 Å². The molecular formula is C18H15FN4. The molecule has 2 aromatic carbocycles. The molecule has 4 nitrogen and oxygen atoms in total. The van der Waals surface area contributed by atoms with Crippen molar-refractivity contribution in [1.29, 1.82) is 5.26 Å². The molecule has 0 N–H and O–H groups in total. The van der Waals surface area contributed by atoms with Crippen molar-refractivity contribution in [3.8, 4) is 6.07 Å². The average molecular weight is 306 g/mol. The van der Waals surface area contributed by atoms with Gasteiger partial charge in [0.05, 0.1) is 12.2 Å². The van der Waals surface area contributed by atoms with E-state index in [4.69, 9.17) is 0 Å². The molecule has 0 spiro atoms. The maximum absolute atomic E-state index is 13.8. The van der Waals surface area contributed by atoms with Crippen LogP contribution < -0.4 is 0 Å². The first-order valence-electron chi connectivity index (χ1n) is 7.37. The number of nitriles is 1. The lowest BCUT2D eigenvalue weighted by atomic mass is 10.1. The Balaban J connectivity index is 1.83. The molecule has 114 valence electrons. The molecule has 5 heteroatoms. The van der Waals surface area contributed by atoms with E-state index in [1.54, 1.807) is 22.9 Å². The van der Waals surface area contributed by atoms with Crippen LogP contribution >= 0.6 is 0 Å². The first kappa shape index (κ1) is 14.9. The summed E-state index contributed by atoms with van der Waals surface area (Å²) in [5.41, 5.74) is 2.75. The van der Waals surface area contributed by atoms with E-state index in [1.807, 2.05) is 30.3 Å². The van der Waals surface area contributed by atoms with Crippen LogP contribution in [0.25, 0.3) is 0 Å². The zero-order valence-corrected chi connectivity index (χ0v) is 12.5. The first-order valence-corrected chi connectivity index (χ1v) is 7.37. The molecule has 0 aliphatic rings. The number of hydrogen-bond acceptors (Lipinski definition) is 3. The van der Waals surface area contributed by atoms with E-state index in [0.717, 1.165) is 12.1 Å². The summed E-state index contributed by atoms with van der Waals surface area (Å²) in [6.45, 7) is 0.269. The van der Waals surface area contributed by atoms with Gasteiger partial charge in [-0.3, -0.25) is 0 Å². The summed E-state index contributed by atoms with van der Waals surface area (Å²) in [5.74, 6) is -0.282. The Bertz CT molecular complexity index is 834. The third kappa shape index (κ3) is 3.43. The number of hydrogen-bond donors (Lipinski definition) is 0. The van der Waals surface area contributed by atoms with Gasteiger partial charge in [0.2, 0.25) is 0 Å². The van der Waals surface area contributed by atoms with Crippen LogP contribution in [0.4, 0.5) is 4.39 Å². The van der Waals surface area contributed by atoms with E-state index in [2.05, 4.69) is 16.4 Å². The van der Waals surface area contributed by atoms with Crippen LogP contribution in [0.2, 0.25) is 0 Å². The third-order valence-corrected chi connectivity index (χ3v) is 3.71. The lowest BCUT2D eigenvalue weighted by Gasteiger charge is -2.08. The molecule has 0 unspecified atom stereocenters. The SMILES string of the molecule is N#Cc1nnn(Cc2ccccc2F)c1CCc1ccccc1. The molecule has 0 saturated carbocycles. The van der Waals surface area contributed by atoms with Gasteiger partial charge >= 0.3 is 0 Å². The van der Waals surface area contributed by atoms with Crippen LogP contribution in [0.1, 0.15) is 22.5 Å². The van der Waals surface area contributed by atoms with Gasteiger partial charge in [0, 0.05) is 5.56 Å². The molecule has 0 aliphatic carbocycles. The van der Waals surface area contributed by atoms with Gasteiger partial charge in [-0.2, -0.15) is 5.26 Å². The Labute approximate surface area is 133 Å². The molecule has 0 atom stereocenters. The Morgan fingerprint density at radius 1 is 1.00 bits per heavy atom. The van der Waals surface area contributed by atoms with E-state index >= 15 is 0 Å². The first-order chi connectivity index (χ1) is 11.3. The van der Waals surface area contributed by atoms with Crippen molar-refractivity contribution in [2.24, 2.45) is 0 Å². The summed E-state index contributed by atoms with van der Waals surface area (Å²) >= 11 is 0. The number of benzene rings is 2. The molecule has 0 fully saturated rings. The van der Waals surface area contributed by atoms with E-state index in [9.17, 15) is 9.65 Å². The second-order valence-electron chi connectivity index (χ2n) is 5.23. The second kappa shape index (κ2) is 6.84. The maximum Gasteiger partial charge on any atom is 0.185 e. The fraction of sp³-hybridized carbons (Fsp3) is 0.167. The number of aromatic nitrogens is 3. The molecule has 0 bridgehead atoms. The fourth-order valence-corrected chi connectivity index (χ4v) is 2.49. The smallest absolute Gasteiger partial charge is 0.185 e. The quantitative estimate of drug-likeness (QED) is 0.727. The number of halogens is 1. The number of aryl methyl sites for hydroxylation is 1. The molecular weight excluding hydrogens is 291 g/mol. The standard InChI is InChI=1S/C18H15FN4/c19-16-9-5-4-8-15(16)13-23-18(17(12-20)21-22-23)11-10-14-6-2-1-3-7-14/h1-9H,10-11,13H2. The minimum Gasteiger partial charge on any atom is -0.243 e. The summed E-state index contributed by atoms with van der Waals surface area (Å²) in [6.07, 6.45) is 1.41. The largest absolute Gasteiger partial charge is 0.243 e. The average Bonchev–Trinajstić information content (AvgIpc) is 2.98. The van der Waals surface area contributed by atoms with Crippen LogP contribution in [-0.2, 0) is 19.4 Å². The molecule has 0 radical (unpaired) electrons. The summed E-state index contributed by atoms with van der Waals surface area (Å²) in [7, 11) is 0. The molecule has 0 amide bonds. The highest BCUT2D eigenvalue weighted by Crippen LogP contribution is 2.14. The molecule has 1 heterocycles. The summed E-state index contributed by atoms with van der Waals surface area (Å²) in [5, 5.41) is 17.1. The Morgan fingerprint density at radius 2 is 1.74 bits per heavy atom. The highest BCUT2D eigenvalue weighted by Gasteiger charge is 2.14. The predicted octanol–water partition coefficient (Wildman–Crippen LogP) is 3.12. The molecule has 3 rings (SSSR count). The Morgan fingerprint density at radius 3 is 2.48 bits per heavy atom. The van der Waals surface area contributed by atoms with Crippen molar-refractivity contribution in [2.75, 3.05) is 0 Å². The number of rotatable bonds is 5. The van der Waals surface area contributed by atoms with Gasteiger partial charge in [-0.05, 0) is 24.5 Å². The van der Waals surface area contributed by atoms with Crippen LogP contribution in [0.15, 0.2) is 54.6 Å². The molecule has 0 aliphatic heterocycles. The summed E-state index contributed by atoms with van der Waals surface area (Å²) < 4.78 is 15.4. The molecule has 23 heavy (non-hydrogen) atoms. The van der Waals surface area contributed by atoms with Crippen molar-refractivity contribution >= 4 is 0 Å². The highest BCUT2D eigenvalue weighted by molar-refractivity contribution is 5.27. The van der Waals surface area contributed by atoms with E-state index in [-0.39, 0.29) is 12.4 Å². The monoisotopic (exact) mass is 306 g/mol. The van der Waals surface area contributed by atoms with Gasteiger partial charge in [-0.1, -0.05) is 53.7 Å². The minimum absolute atomic E-state index is 0.269. The zero-order chi connectivity index (χ0) is 16.1. The van der Waals surface area contributed by atoms with Crippen molar-refractivity contribution in [2.45, 2.75) is 19.4 Å². The topological polar surface area (TPSA) is 54.5 Å². The predicted molar refractivity (Wildman–Crippen MR) is 84.1 cm³/mol. The van der Waals surface area contributed by atoms with Crippen molar-refractivity contribution in [1.82, 2.24) is 15.0 Å². The van der Waals surface area contributed by atoms with E-state index in [0.29, 0.717) is 17.7 Å². The lowest BCUT2D eigenvalue weighted by molar-refractivity contribution is 0.565. The molecule has 1 aromatic heterocycles. The van der Waals surface area contributed by atoms with E-state index < -0.39 is 0 Å². The highest BCUT2D eigenvalue weighted by atomic mass is 19.1. The number of nitrogens with zero attached hydrogens (tertiary/aromatic N) is 4. The Kier molecular flexibility index (Phi) is 4.44. The maximum atomic E-state index is 13.8. The summed E-state index contributed by atoms with van der Waals surface area (Å²) in [4.78, 5) is 0.